The summed E-state index contributed by atoms with van der Waals surface area (Å²) in [6, 6.07) is 6.19. The number of carbonyl (C=O) groups excluding carboxylic acids is 4. The third-order valence-electron chi connectivity index (χ3n) is 4.92. The Morgan fingerprint density at radius 3 is 2.10 bits per heavy atom. The number of hydrogen-bond acceptors (Lipinski definition) is 7. The summed E-state index contributed by atoms with van der Waals surface area (Å²) in [6.07, 6.45) is 1.23. The number of methoxy groups -OCH3 is 1. The number of fused-ring (bicyclic) bond motifs is 1. The molecule has 0 amide bonds. The molecule has 0 atom stereocenters. The highest BCUT2D eigenvalue weighted by Gasteiger charge is 2.38. The van der Waals surface area contributed by atoms with E-state index >= 15 is 0 Å². The van der Waals surface area contributed by atoms with Gasteiger partial charge in [-0.2, -0.15) is 0 Å². The van der Waals surface area contributed by atoms with Crippen LogP contribution >= 0.6 is 0 Å². The fourth-order valence-corrected chi connectivity index (χ4v) is 3.74. The zero-order valence-electron chi connectivity index (χ0n) is 17.1. The molecule has 0 radical (unpaired) electrons. The number of nitrogens with zero attached hydrogens (tertiary/aromatic N) is 1. The Morgan fingerprint density at radius 2 is 1.50 bits per heavy atom. The molecule has 1 aliphatic heterocycles. The molecule has 0 spiro atoms. The molecule has 30 heavy (non-hydrogen) atoms. The van der Waals surface area contributed by atoms with Gasteiger partial charge in [0.05, 0.1) is 31.5 Å². The first-order chi connectivity index (χ1) is 14.5. The molecule has 2 aromatic rings. The van der Waals surface area contributed by atoms with Crippen molar-refractivity contribution in [2.24, 2.45) is 0 Å². The maximum Gasteiger partial charge on any atom is 0.341 e. The highest BCUT2D eigenvalue weighted by Crippen LogP contribution is 2.33. The second kappa shape index (κ2) is 8.94. The van der Waals surface area contributed by atoms with Gasteiger partial charge in [-0.15, -0.1) is 0 Å². The molecule has 158 valence electrons. The number of carbonyl (C=O) groups is 4. The van der Waals surface area contributed by atoms with Crippen LogP contribution < -0.4 is 0 Å². The van der Waals surface area contributed by atoms with E-state index in [9.17, 15) is 19.2 Å². The third kappa shape index (κ3) is 3.60. The number of benzene rings is 1. The van der Waals surface area contributed by atoms with E-state index in [1.807, 2.05) is 0 Å². The van der Waals surface area contributed by atoms with Crippen molar-refractivity contribution in [3.8, 4) is 0 Å². The highest BCUT2D eigenvalue weighted by molar-refractivity contribution is 6.20. The average molecular weight is 413 g/mol. The maximum atomic E-state index is 13.6. The van der Waals surface area contributed by atoms with Crippen LogP contribution in [-0.2, 0) is 27.2 Å². The average Bonchev–Trinajstić information content (AvgIpc) is 3.33. The topological polar surface area (TPSA) is 101 Å². The first-order valence-electron chi connectivity index (χ1n) is 9.77. The van der Waals surface area contributed by atoms with Crippen molar-refractivity contribution in [2.75, 3.05) is 20.3 Å². The lowest BCUT2D eigenvalue weighted by Gasteiger charge is -2.11. The van der Waals surface area contributed by atoms with Gasteiger partial charge in [-0.3, -0.25) is 4.79 Å². The van der Waals surface area contributed by atoms with Crippen molar-refractivity contribution in [2.45, 2.75) is 33.2 Å². The minimum absolute atomic E-state index is 0.0281. The number of ketones is 1. The largest absolute Gasteiger partial charge is 0.465 e. The Labute approximate surface area is 173 Å². The molecule has 0 unspecified atom stereocenters. The molecule has 0 N–H and O–H groups in total. The van der Waals surface area contributed by atoms with Gasteiger partial charge in [0, 0.05) is 17.8 Å². The van der Waals surface area contributed by atoms with E-state index in [4.69, 9.17) is 14.2 Å². The fourth-order valence-electron chi connectivity index (χ4n) is 3.74. The molecule has 8 heteroatoms. The molecule has 0 fully saturated rings. The minimum atomic E-state index is -0.777. The van der Waals surface area contributed by atoms with Gasteiger partial charge in [-0.1, -0.05) is 18.2 Å². The van der Waals surface area contributed by atoms with Crippen molar-refractivity contribution in [3.05, 3.63) is 57.9 Å². The van der Waals surface area contributed by atoms with Crippen LogP contribution in [0.1, 0.15) is 73.1 Å². The van der Waals surface area contributed by atoms with Crippen molar-refractivity contribution in [1.29, 1.82) is 0 Å². The molecule has 0 saturated carbocycles. The van der Waals surface area contributed by atoms with Crippen molar-refractivity contribution >= 4 is 23.7 Å². The SMILES string of the molecule is CCOC(=O)c1c(C(=O)OCC)c(C(=O)c2ccccc2C(=O)OC)n2c1CCC2. The number of rotatable bonds is 7. The number of esters is 3. The lowest BCUT2D eigenvalue weighted by molar-refractivity contribution is 0.0478. The summed E-state index contributed by atoms with van der Waals surface area (Å²) in [7, 11) is 1.22. The van der Waals surface area contributed by atoms with Gasteiger partial charge >= 0.3 is 17.9 Å². The van der Waals surface area contributed by atoms with E-state index < -0.39 is 23.7 Å². The lowest BCUT2D eigenvalue weighted by atomic mass is 9.97. The van der Waals surface area contributed by atoms with E-state index in [0.717, 1.165) is 0 Å². The summed E-state index contributed by atoms with van der Waals surface area (Å²) in [5, 5.41) is 0. The molecular weight excluding hydrogens is 390 g/mol. The number of ether oxygens (including phenoxy) is 3. The van der Waals surface area contributed by atoms with Gasteiger partial charge < -0.3 is 18.8 Å². The predicted molar refractivity (Wildman–Crippen MR) is 106 cm³/mol. The molecule has 3 rings (SSSR count). The molecule has 1 aromatic carbocycles. The first kappa shape index (κ1) is 21.3. The Hall–Kier alpha value is -3.42. The summed E-state index contributed by atoms with van der Waals surface area (Å²) in [4.78, 5) is 51.3. The zero-order valence-corrected chi connectivity index (χ0v) is 17.1. The second-order valence-electron chi connectivity index (χ2n) is 6.61. The van der Waals surface area contributed by atoms with Crippen LogP contribution in [0.4, 0.5) is 0 Å². The monoisotopic (exact) mass is 413 g/mol. The van der Waals surface area contributed by atoms with Gasteiger partial charge in [-0.05, 0) is 32.8 Å². The molecular formula is C22H23NO7. The first-order valence-corrected chi connectivity index (χ1v) is 9.77. The van der Waals surface area contributed by atoms with Crippen LogP contribution in [-0.4, -0.2) is 48.6 Å². The zero-order chi connectivity index (χ0) is 21.8. The van der Waals surface area contributed by atoms with Gasteiger partial charge in [0.2, 0.25) is 5.78 Å². The van der Waals surface area contributed by atoms with E-state index in [2.05, 4.69) is 0 Å². The lowest BCUT2D eigenvalue weighted by Crippen LogP contribution is -2.20. The summed E-state index contributed by atoms with van der Waals surface area (Å²) < 4.78 is 16.8. The van der Waals surface area contributed by atoms with Crippen LogP contribution in [0.15, 0.2) is 24.3 Å². The smallest absolute Gasteiger partial charge is 0.341 e. The number of aromatic nitrogens is 1. The molecule has 1 aromatic heterocycles. The normalized spacial score (nSPS) is 12.2. The Morgan fingerprint density at radius 1 is 0.900 bits per heavy atom. The molecule has 0 bridgehead atoms. The quantitative estimate of drug-likeness (QED) is 0.391. The summed E-state index contributed by atoms with van der Waals surface area (Å²) in [5.74, 6) is -2.68. The Bertz CT molecular complexity index is 1020. The Balaban J connectivity index is 2.26. The minimum Gasteiger partial charge on any atom is -0.465 e. The van der Waals surface area contributed by atoms with Gasteiger partial charge in [-0.25, -0.2) is 14.4 Å². The molecule has 1 aliphatic rings. The van der Waals surface area contributed by atoms with Gasteiger partial charge in [0.1, 0.15) is 11.3 Å². The van der Waals surface area contributed by atoms with Crippen molar-refractivity contribution in [1.82, 2.24) is 4.57 Å². The highest BCUT2D eigenvalue weighted by atomic mass is 16.5. The van der Waals surface area contributed by atoms with E-state index in [0.29, 0.717) is 25.1 Å². The van der Waals surface area contributed by atoms with Crippen LogP contribution in [0.25, 0.3) is 0 Å². The van der Waals surface area contributed by atoms with Crippen molar-refractivity contribution < 1.29 is 33.4 Å². The van der Waals surface area contributed by atoms with Crippen LogP contribution in [0.2, 0.25) is 0 Å². The van der Waals surface area contributed by atoms with Crippen molar-refractivity contribution in [3.63, 3.8) is 0 Å². The number of hydrogen-bond donors (Lipinski definition) is 0. The Kier molecular flexibility index (Phi) is 6.34. The van der Waals surface area contributed by atoms with E-state index in [-0.39, 0.29) is 41.2 Å². The molecule has 2 heterocycles. The summed E-state index contributed by atoms with van der Waals surface area (Å²) >= 11 is 0. The standard InChI is InChI=1S/C22H23NO7/c1-4-29-21(26)16-15-11-8-12-23(15)18(17(16)22(27)30-5-2)19(24)13-9-6-7-10-14(13)20(25)28-3/h6-7,9-10H,4-5,8,11-12H2,1-3H3. The van der Waals surface area contributed by atoms with E-state index in [1.54, 1.807) is 30.5 Å². The van der Waals surface area contributed by atoms with Crippen LogP contribution in [0.3, 0.4) is 0 Å². The molecule has 8 nitrogen and oxygen atoms in total. The third-order valence-corrected chi connectivity index (χ3v) is 4.92. The van der Waals surface area contributed by atoms with Crippen LogP contribution in [0.5, 0.6) is 0 Å². The molecule has 0 saturated heterocycles. The predicted octanol–water partition coefficient (Wildman–Crippen LogP) is 2.81. The summed E-state index contributed by atoms with van der Waals surface area (Å²) in [5.41, 5.74) is 0.695. The maximum absolute atomic E-state index is 13.6. The van der Waals surface area contributed by atoms with Gasteiger partial charge in [0.15, 0.2) is 0 Å². The van der Waals surface area contributed by atoms with Crippen LogP contribution in [0, 0.1) is 0 Å². The second-order valence-corrected chi connectivity index (χ2v) is 6.61. The summed E-state index contributed by atoms with van der Waals surface area (Å²) in [6.45, 7) is 3.97. The van der Waals surface area contributed by atoms with Gasteiger partial charge in [0.25, 0.3) is 0 Å². The fraction of sp³-hybridized carbons (Fsp3) is 0.364. The molecule has 0 aliphatic carbocycles. The van der Waals surface area contributed by atoms with E-state index in [1.165, 1.54) is 19.2 Å².